The maximum Gasteiger partial charge on any atom is 0.416 e. The van der Waals surface area contributed by atoms with Crippen molar-refractivity contribution in [1.82, 2.24) is 9.88 Å². The zero-order valence-electron chi connectivity index (χ0n) is 19.1. The molecular weight excluding hydrogens is 382 g/mol. The molecule has 1 atom stereocenters. The summed E-state index contributed by atoms with van der Waals surface area (Å²) in [5.41, 5.74) is -0.277. The minimum Gasteiger partial charge on any atom is -0.444 e. The number of hydrogen-bond donors (Lipinski definition) is 0. The highest BCUT2D eigenvalue weighted by Gasteiger charge is 2.41. The normalized spacial score (nSPS) is 19.9. The van der Waals surface area contributed by atoms with E-state index in [0.717, 1.165) is 37.7 Å². The lowest BCUT2D eigenvalue weighted by Crippen LogP contribution is -2.43. The number of pyridine rings is 1. The molecule has 1 aliphatic carbocycles. The highest BCUT2D eigenvalue weighted by atomic mass is 16.6. The fraction of sp³-hybridized carbons (Fsp3) is 0.696. The average Bonchev–Trinajstić information content (AvgIpc) is 3.44. The van der Waals surface area contributed by atoms with Gasteiger partial charge in [0.2, 0.25) is 0 Å². The molecule has 0 N–H and O–H groups in total. The molecule has 30 heavy (non-hydrogen) atoms. The predicted octanol–water partition coefficient (Wildman–Crippen LogP) is 5.45. The molecular formula is C23H35N3O4. The molecule has 0 spiro atoms. The topological polar surface area (TPSA) is 72.0 Å². The molecule has 166 valence electrons. The maximum absolute atomic E-state index is 13.0. The summed E-state index contributed by atoms with van der Waals surface area (Å²) in [4.78, 5) is 34.0. The van der Waals surface area contributed by atoms with Gasteiger partial charge in [-0.15, -0.1) is 0 Å². The molecule has 1 aliphatic heterocycles. The van der Waals surface area contributed by atoms with Gasteiger partial charge in [-0.05, 0) is 79.7 Å². The summed E-state index contributed by atoms with van der Waals surface area (Å²) >= 11 is 0. The molecule has 1 aromatic rings. The molecule has 1 saturated carbocycles. The summed E-state index contributed by atoms with van der Waals surface area (Å²) < 4.78 is 11.3. The van der Waals surface area contributed by atoms with Crippen molar-refractivity contribution >= 4 is 18.0 Å². The third-order valence-corrected chi connectivity index (χ3v) is 5.04. The van der Waals surface area contributed by atoms with Crippen molar-refractivity contribution in [2.75, 3.05) is 11.4 Å². The van der Waals surface area contributed by atoms with E-state index < -0.39 is 11.2 Å². The summed E-state index contributed by atoms with van der Waals surface area (Å²) in [6, 6.07) is 3.74. The maximum atomic E-state index is 13.0. The average molecular weight is 418 g/mol. The van der Waals surface area contributed by atoms with Crippen LogP contribution in [0.1, 0.15) is 85.3 Å². The Labute approximate surface area is 179 Å². The van der Waals surface area contributed by atoms with Crippen molar-refractivity contribution in [2.24, 2.45) is 0 Å². The Balaban J connectivity index is 1.94. The predicted molar refractivity (Wildman–Crippen MR) is 116 cm³/mol. The van der Waals surface area contributed by atoms with Crippen LogP contribution in [0, 0.1) is 0 Å². The van der Waals surface area contributed by atoms with Crippen molar-refractivity contribution in [3.05, 3.63) is 23.9 Å². The molecule has 0 unspecified atom stereocenters. The van der Waals surface area contributed by atoms with Crippen molar-refractivity contribution in [3.8, 4) is 0 Å². The van der Waals surface area contributed by atoms with Gasteiger partial charge in [0.15, 0.2) is 0 Å². The third-order valence-electron chi connectivity index (χ3n) is 5.04. The van der Waals surface area contributed by atoms with Crippen LogP contribution in [0.5, 0.6) is 0 Å². The van der Waals surface area contributed by atoms with Gasteiger partial charge in [-0.1, -0.05) is 6.07 Å². The number of hydrogen-bond acceptors (Lipinski definition) is 5. The van der Waals surface area contributed by atoms with E-state index in [-0.39, 0.29) is 24.3 Å². The molecule has 0 radical (unpaired) electrons. The Hall–Kier alpha value is -2.31. The Kier molecular flexibility index (Phi) is 6.29. The number of piperidine rings is 1. The first kappa shape index (κ1) is 22.4. The standard InChI is InChI=1S/C23H35N3O4/c1-22(2,3)29-20(27)25-15-8-7-11-18(25)17-10-9-14-24-19(17)26(16-12-13-16)21(28)30-23(4,5)6/h9-10,14,16,18H,7-8,11-13,15H2,1-6H3/t18-/m0/s1. The molecule has 3 rings (SSSR count). The van der Waals surface area contributed by atoms with Crippen LogP contribution in [0.15, 0.2) is 18.3 Å². The highest BCUT2D eigenvalue weighted by molar-refractivity contribution is 5.89. The summed E-state index contributed by atoms with van der Waals surface area (Å²) in [5, 5.41) is 0. The first-order valence-corrected chi connectivity index (χ1v) is 10.9. The summed E-state index contributed by atoms with van der Waals surface area (Å²) in [5.74, 6) is 0.592. The second-order valence-corrected chi connectivity index (χ2v) is 10.2. The van der Waals surface area contributed by atoms with Crippen molar-refractivity contribution in [3.63, 3.8) is 0 Å². The zero-order chi connectivity index (χ0) is 22.1. The number of likely N-dealkylation sites (tertiary alicyclic amines) is 1. The third kappa shape index (κ3) is 5.64. The SMILES string of the molecule is CC(C)(C)OC(=O)N(c1ncccc1[C@@H]1CCCCN1C(=O)OC(C)(C)C)C1CC1. The lowest BCUT2D eigenvalue weighted by atomic mass is 9.95. The largest absolute Gasteiger partial charge is 0.444 e. The molecule has 7 nitrogen and oxygen atoms in total. The fourth-order valence-corrected chi connectivity index (χ4v) is 3.72. The van der Waals surface area contributed by atoms with Crippen LogP contribution in [0.2, 0.25) is 0 Å². The van der Waals surface area contributed by atoms with Gasteiger partial charge in [-0.3, -0.25) is 4.90 Å². The van der Waals surface area contributed by atoms with Crippen LogP contribution in [0.3, 0.4) is 0 Å². The van der Waals surface area contributed by atoms with Gasteiger partial charge in [-0.2, -0.15) is 0 Å². The van der Waals surface area contributed by atoms with Gasteiger partial charge in [0.1, 0.15) is 17.0 Å². The summed E-state index contributed by atoms with van der Waals surface area (Å²) in [6.45, 7) is 11.8. The van der Waals surface area contributed by atoms with Crippen molar-refractivity contribution < 1.29 is 19.1 Å². The van der Waals surface area contributed by atoms with Crippen LogP contribution in [-0.4, -0.2) is 45.9 Å². The van der Waals surface area contributed by atoms with E-state index in [1.165, 1.54) is 0 Å². The molecule has 1 aromatic heterocycles. The van der Waals surface area contributed by atoms with E-state index in [4.69, 9.17) is 9.47 Å². The number of rotatable bonds is 3. The first-order chi connectivity index (χ1) is 14.0. The van der Waals surface area contributed by atoms with Crippen molar-refractivity contribution in [2.45, 2.75) is 96.9 Å². The minimum absolute atomic E-state index is 0.0899. The monoisotopic (exact) mass is 417 g/mol. The van der Waals surface area contributed by atoms with Crippen molar-refractivity contribution in [1.29, 1.82) is 0 Å². The number of anilines is 1. The number of aromatic nitrogens is 1. The van der Waals surface area contributed by atoms with E-state index in [9.17, 15) is 9.59 Å². The fourth-order valence-electron chi connectivity index (χ4n) is 3.72. The molecule has 7 heteroatoms. The van der Waals surface area contributed by atoms with E-state index in [2.05, 4.69) is 4.98 Å². The van der Waals surface area contributed by atoms with E-state index >= 15 is 0 Å². The number of nitrogens with zero attached hydrogens (tertiary/aromatic N) is 3. The summed E-state index contributed by atoms with van der Waals surface area (Å²) in [6.07, 6.45) is 5.59. The molecule has 0 bridgehead atoms. The van der Waals surface area contributed by atoms with Crippen LogP contribution < -0.4 is 4.90 Å². The second-order valence-electron chi connectivity index (χ2n) is 10.2. The Morgan fingerprint density at radius 1 is 1.03 bits per heavy atom. The van der Waals surface area contributed by atoms with Gasteiger partial charge in [0, 0.05) is 24.3 Å². The number of amides is 2. The van der Waals surface area contributed by atoms with Gasteiger partial charge >= 0.3 is 12.2 Å². The summed E-state index contributed by atoms with van der Waals surface area (Å²) in [7, 11) is 0. The quantitative estimate of drug-likeness (QED) is 0.654. The van der Waals surface area contributed by atoms with Gasteiger partial charge < -0.3 is 14.4 Å². The second kappa shape index (κ2) is 8.44. The van der Waals surface area contributed by atoms with Gasteiger partial charge in [0.25, 0.3) is 0 Å². The number of carbonyl (C=O) groups is 2. The smallest absolute Gasteiger partial charge is 0.416 e. The van der Waals surface area contributed by atoms with Crippen LogP contribution in [0.4, 0.5) is 15.4 Å². The molecule has 2 aliphatic rings. The lowest BCUT2D eigenvalue weighted by Gasteiger charge is -2.38. The molecule has 2 amide bonds. The minimum atomic E-state index is -0.591. The number of carbonyl (C=O) groups excluding carboxylic acids is 2. The van der Waals surface area contributed by atoms with E-state index in [1.54, 1.807) is 16.0 Å². The Bertz CT molecular complexity index is 777. The van der Waals surface area contributed by atoms with E-state index in [0.29, 0.717) is 12.4 Å². The first-order valence-electron chi connectivity index (χ1n) is 10.9. The Morgan fingerprint density at radius 2 is 1.70 bits per heavy atom. The van der Waals surface area contributed by atoms with Crippen LogP contribution >= 0.6 is 0 Å². The highest BCUT2D eigenvalue weighted by Crippen LogP contribution is 2.40. The molecule has 1 saturated heterocycles. The zero-order valence-corrected chi connectivity index (χ0v) is 19.1. The van der Waals surface area contributed by atoms with Gasteiger partial charge in [0.05, 0.1) is 6.04 Å². The molecule has 2 fully saturated rings. The van der Waals surface area contributed by atoms with E-state index in [1.807, 2.05) is 53.7 Å². The van der Waals surface area contributed by atoms with Gasteiger partial charge in [-0.25, -0.2) is 14.6 Å². The van der Waals surface area contributed by atoms with Crippen LogP contribution in [-0.2, 0) is 9.47 Å². The Morgan fingerprint density at radius 3 is 2.30 bits per heavy atom. The lowest BCUT2D eigenvalue weighted by molar-refractivity contribution is 0.00955. The molecule has 0 aromatic carbocycles. The van der Waals surface area contributed by atoms with Crippen LogP contribution in [0.25, 0.3) is 0 Å². The molecule has 2 heterocycles. The number of ether oxygens (including phenoxy) is 2.